The Labute approximate surface area is 171 Å². The average molecular weight is 406 g/mol. The largest absolute Gasteiger partial charge is 0.496 e. The predicted molar refractivity (Wildman–Crippen MR) is 111 cm³/mol. The fourth-order valence-electron chi connectivity index (χ4n) is 2.73. The van der Waals surface area contributed by atoms with Gasteiger partial charge in [0.25, 0.3) is 5.89 Å². The number of aliphatic imine (C=N–C) groups is 1. The maximum absolute atomic E-state index is 6.44. The molecule has 0 aliphatic carbocycles. The lowest BCUT2D eigenvalue weighted by Gasteiger charge is -2.03. The second-order valence-electron chi connectivity index (χ2n) is 6.00. The number of pyridine rings is 1. The lowest BCUT2D eigenvalue weighted by Crippen LogP contribution is -2.14. The Morgan fingerprint density at radius 1 is 1.07 bits per heavy atom. The molecule has 0 atom stereocenters. The average Bonchev–Trinajstić information content (AvgIpc) is 3.24. The first-order valence-corrected chi connectivity index (χ1v) is 9.06. The summed E-state index contributed by atoms with van der Waals surface area (Å²) in [7, 11) is 1.59. The number of aromatic nitrogens is 3. The molecule has 8 heteroatoms. The van der Waals surface area contributed by atoms with Crippen LogP contribution < -0.4 is 10.5 Å². The standard InChI is InChI=1S/C21H16ClN5O2/c1-28-18-8-3-2-6-15(18)21-26-20(27-29-21)14-10-9-13(12-16(14)22)25-19(23)17-7-4-5-11-24-17/h2-12H,1H3,(H2,23,25). The number of nitrogens with two attached hydrogens (primary N) is 1. The van der Waals surface area contributed by atoms with E-state index in [1.807, 2.05) is 36.4 Å². The SMILES string of the molecule is COc1ccccc1-c1nc(-c2ccc(N=C(N)c3ccccn3)cc2Cl)no1. The molecule has 0 fully saturated rings. The number of methoxy groups -OCH3 is 1. The van der Waals surface area contributed by atoms with Crippen LogP contribution in [0.5, 0.6) is 5.75 Å². The molecule has 0 radical (unpaired) electrons. The maximum atomic E-state index is 6.44. The third-order valence-corrected chi connectivity index (χ3v) is 4.45. The zero-order valence-corrected chi connectivity index (χ0v) is 16.2. The number of nitrogens with zero attached hydrogens (tertiary/aromatic N) is 4. The Morgan fingerprint density at radius 3 is 2.66 bits per heavy atom. The van der Waals surface area contributed by atoms with E-state index in [-0.39, 0.29) is 0 Å². The van der Waals surface area contributed by atoms with Crippen molar-refractivity contribution in [3.05, 3.63) is 77.6 Å². The van der Waals surface area contributed by atoms with Crippen molar-refractivity contribution in [1.82, 2.24) is 15.1 Å². The first-order valence-electron chi connectivity index (χ1n) is 8.68. The van der Waals surface area contributed by atoms with Crippen molar-refractivity contribution in [2.75, 3.05) is 7.11 Å². The van der Waals surface area contributed by atoms with E-state index >= 15 is 0 Å². The predicted octanol–water partition coefficient (Wildman–Crippen LogP) is 4.50. The van der Waals surface area contributed by atoms with Crippen LogP contribution in [0.25, 0.3) is 22.8 Å². The van der Waals surface area contributed by atoms with Crippen molar-refractivity contribution in [3.63, 3.8) is 0 Å². The molecule has 0 bridgehead atoms. The molecule has 4 aromatic rings. The van der Waals surface area contributed by atoms with Gasteiger partial charge in [0.15, 0.2) is 0 Å². The maximum Gasteiger partial charge on any atom is 0.262 e. The molecule has 7 nitrogen and oxygen atoms in total. The Kier molecular flexibility index (Phi) is 5.22. The van der Waals surface area contributed by atoms with E-state index in [1.54, 1.807) is 37.6 Å². The van der Waals surface area contributed by atoms with Crippen LogP contribution in [0.2, 0.25) is 5.02 Å². The van der Waals surface area contributed by atoms with Crippen molar-refractivity contribution >= 4 is 23.1 Å². The van der Waals surface area contributed by atoms with Crippen molar-refractivity contribution in [1.29, 1.82) is 0 Å². The van der Waals surface area contributed by atoms with Gasteiger partial charge in [0.1, 0.15) is 17.3 Å². The van der Waals surface area contributed by atoms with Gasteiger partial charge in [-0.2, -0.15) is 4.98 Å². The molecule has 0 spiro atoms. The highest BCUT2D eigenvalue weighted by Gasteiger charge is 2.16. The minimum Gasteiger partial charge on any atom is -0.496 e. The molecule has 29 heavy (non-hydrogen) atoms. The quantitative estimate of drug-likeness (QED) is 0.387. The molecule has 2 heterocycles. The summed E-state index contributed by atoms with van der Waals surface area (Å²) in [4.78, 5) is 13.0. The van der Waals surface area contributed by atoms with Crippen molar-refractivity contribution < 1.29 is 9.26 Å². The zero-order valence-electron chi connectivity index (χ0n) is 15.4. The molecular weight excluding hydrogens is 390 g/mol. The lowest BCUT2D eigenvalue weighted by molar-refractivity contribution is 0.405. The molecule has 2 aromatic heterocycles. The summed E-state index contributed by atoms with van der Waals surface area (Å²) in [6.07, 6.45) is 1.66. The molecule has 144 valence electrons. The Morgan fingerprint density at radius 2 is 1.90 bits per heavy atom. The number of benzene rings is 2. The minimum absolute atomic E-state index is 0.299. The van der Waals surface area contributed by atoms with E-state index in [1.165, 1.54) is 0 Å². The molecular formula is C21H16ClN5O2. The van der Waals surface area contributed by atoms with Gasteiger partial charge < -0.3 is 15.0 Å². The molecule has 0 saturated heterocycles. The van der Waals surface area contributed by atoms with E-state index in [4.69, 9.17) is 26.6 Å². The number of hydrogen-bond donors (Lipinski definition) is 1. The van der Waals surface area contributed by atoms with Crippen LogP contribution in [-0.2, 0) is 0 Å². The van der Waals surface area contributed by atoms with E-state index in [0.29, 0.717) is 50.8 Å². The van der Waals surface area contributed by atoms with Gasteiger partial charge in [-0.3, -0.25) is 4.98 Å². The molecule has 0 saturated carbocycles. The summed E-state index contributed by atoms with van der Waals surface area (Å²) < 4.78 is 10.7. The number of halogens is 1. The summed E-state index contributed by atoms with van der Waals surface area (Å²) in [5, 5.41) is 4.46. The topological polar surface area (TPSA) is 99.4 Å². The van der Waals surface area contributed by atoms with Crippen LogP contribution in [0.1, 0.15) is 5.69 Å². The molecule has 0 unspecified atom stereocenters. The van der Waals surface area contributed by atoms with E-state index in [9.17, 15) is 0 Å². The first-order chi connectivity index (χ1) is 14.2. The van der Waals surface area contributed by atoms with Gasteiger partial charge in [-0.05, 0) is 42.5 Å². The summed E-state index contributed by atoms with van der Waals surface area (Å²) in [5.41, 5.74) is 8.52. The first kappa shape index (κ1) is 18.6. The van der Waals surface area contributed by atoms with E-state index in [2.05, 4.69) is 20.1 Å². The fraction of sp³-hybridized carbons (Fsp3) is 0.0476. The monoisotopic (exact) mass is 405 g/mol. The molecule has 2 N–H and O–H groups in total. The minimum atomic E-state index is 0.299. The van der Waals surface area contributed by atoms with Gasteiger partial charge in [-0.15, -0.1) is 0 Å². The third kappa shape index (κ3) is 3.95. The summed E-state index contributed by atoms with van der Waals surface area (Å²) >= 11 is 6.44. The fourth-order valence-corrected chi connectivity index (χ4v) is 2.99. The zero-order chi connectivity index (χ0) is 20.2. The second kappa shape index (κ2) is 8.12. The third-order valence-electron chi connectivity index (χ3n) is 4.13. The molecule has 0 aliphatic heterocycles. The Hall–Kier alpha value is -3.71. The van der Waals surface area contributed by atoms with Crippen molar-refractivity contribution in [2.24, 2.45) is 10.7 Å². The van der Waals surface area contributed by atoms with Crippen molar-refractivity contribution in [3.8, 4) is 28.6 Å². The molecule has 2 aromatic carbocycles. The lowest BCUT2D eigenvalue weighted by atomic mass is 10.2. The molecule has 0 aliphatic rings. The van der Waals surface area contributed by atoms with Gasteiger partial charge in [0.05, 0.1) is 23.4 Å². The number of para-hydroxylation sites is 1. The Bertz CT molecular complexity index is 1170. The number of rotatable bonds is 5. The molecule has 4 rings (SSSR count). The van der Waals surface area contributed by atoms with Gasteiger partial charge >= 0.3 is 0 Å². The Balaban J connectivity index is 1.63. The van der Waals surface area contributed by atoms with Crippen LogP contribution in [0.15, 0.2) is 76.4 Å². The van der Waals surface area contributed by atoms with Gasteiger partial charge in [0.2, 0.25) is 5.82 Å². The smallest absolute Gasteiger partial charge is 0.262 e. The summed E-state index contributed by atoms with van der Waals surface area (Å²) in [6, 6.07) is 18.1. The number of amidine groups is 1. The second-order valence-corrected chi connectivity index (χ2v) is 6.41. The van der Waals surface area contributed by atoms with E-state index in [0.717, 1.165) is 0 Å². The highest BCUT2D eigenvalue weighted by atomic mass is 35.5. The van der Waals surface area contributed by atoms with Crippen LogP contribution in [0.4, 0.5) is 5.69 Å². The summed E-state index contributed by atoms with van der Waals surface area (Å²) in [5.74, 6) is 1.65. The summed E-state index contributed by atoms with van der Waals surface area (Å²) in [6.45, 7) is 0. The van der Waals surface area contributed by atoms with Gasteiger partial charge in [-0.25, -0.2) is 4.99 Å². The van der Waals surface area contributed by atoms with Crippen molar-refractivity contribution in [2.45, 2.75) is 0 Å². The number of ether oxygens (including phenoxy) is 1. The van der Waals surface area contributed by atoms with E-state index < -0.39 is 0 Å². The van der Waals surface area contributed by atoms with Crippen LogP contribution in [0.3, 0.4) is 0 Å². The van der Waals surface area contributed by atoms with Crippen LogP contribution in [-0.4, -0.2) is 28.1 Å². The number of hydrogen-bond acceptors (Lipinski definition) is 6. The van der Waals surface area contributed by atoms with Gasteiger partial charge in [0, 0.05) is 11.8 Å². The normalized spacial score (nSPS) is 11.4. The van der Waals surface area contributed by atoms with Gasteiger partial charge in [-0.1, -0.05) is 35.0 Å². The van der Waals surface area contributed by atoms with Crippen LogP contribution in [0, 0.1) is 0 Å². The highest BCUT2D eigenvalue weighted by Crippen LogP contribution is 2.33. The highest BCUT2D eigenvalue weighted by molar-refractivity contribution is 6.33. The molecule has 0 amide bonds. The van der Waals surface area contributed by atoms with Crippen LogP contribution >= 0.6 is 11.6 Å².